The third-order valence-corrected chi connectivity index (χ3v) is 17.9. The first-order chi connectivity index (χ1) is 32.2. The summed E-state index contributed by atoms with van der Waals surface area (Å²) in [6.45, 7) is 22.0. The van der Waals surface area contributed by atoms with Gasteiger partial charge < -0.3 is 18.9 Å². The third kappa shape index (κ3) is 16.1. The highest BCUT2D eigenvalue weighted by Crippen LogP contribution is 2.67. The van der Waals surface area contributed by atoms with Crippen LogP contribution in [-0.4, -0.2) is 69.8 Å². The van der Waals surface area contributed by atoms with Gasteiger partial charge in [-0.2, -0.15) is 0 Å². The highest BCUT2D eigenvalue weighted by Gasteiger charge is 2.59. The zero-order valence-corrected chi connectivity index (χ0v) is 43.7. The van der Waals surface area contributed by atoms with Crippen LogP contribution in [0.15, 0.2) is 60.2 Å². The van der Waals surface area contributed by atoms with E-state index in [4.69, 9.17) is 18.9 Å². The number of fused-ring (bicyclic) bond motifs is 6. The monoisotopic (exact) mass is 912 g/mol. The fourth-order valence-electron chi connectivity index (χ4n) is 14.0. The van der Waals surface area contributed by atoms with Crippen LogP contribution in [0.3, 0.4) is 0 Å². The van der Waals surface area contributed by atoms with Gasteiger partial charge in [-0.1, -0.05) is 160 Å². The van der Waals surface area contributed by atoms with Gasteiger partial charge in [0.15, 0.2) is 0 Å². The van der Waals surface area contributed by atoms with Crippen molar-refractivity contribution >= 4 is 0 Å². The summed E-state index contributed by atoms with van der Waals surface area (Å²) in [5, 5.41) is 0. The molecule has 1 aromatic rings. The molecule has 1 aliphatic heterocycles. The average Bonchev–Trinajstić information content (AvgIpc) is 3.68. The Bertz CT molecular complexity index is 1580. The number of unbranched alkanes of at least 4 members (excludes halogenated alkanes) is 9. The van der Waals surface area contributed by atoms with Crippen molar-refractivity contribution in [1.82, 2.24) is 4.90 Å². The van der Waals surface area contributed by atoms with Crippen LogP contribution in [0.25, 0.3) is 0 Å². The SMILES string of the molecule is CCCCCC=CCC=CCCCCCCCCOCC(CN1CCc2ccccc2C1)OCCOCCO[C@H]1CC[C@@]2(C)C(=CC[C@H]3[C@@H]4CC[C@H]([C@H](C)CCCC(C)C)[C@@]4(C)CC[C@@H]32)C1. The summed E-state index contributed by atoms with van der Waals surface area (Å²) in [7, 11) is 0. The lowest BCUT2D eigenvalue weighted by atomic mass is 9.47. The number of hydrogen-bond donors (Lipinski definition) is 0. The molecular weight excluding hydrogens is 811 g/mol. The van der Waals surface area contributed by atoms with E-state index in [1.807, 2.05) is 0 Å². The Morgan fingerprint density at radius 3 is 2.29 bits per heavy atom. The van der Waals surface area contributed by atoms with Crippen molar-refractivity contribution in [1.29, 1.82) is 0 Å². The smallest absolute Gasteiger partial charge is 0.0936 e. The number of allylic oxidation sites excluding steroid dienone is 5. The van der Waals surface area contributed by atoms with Crippen LogP contribution in [0, 0.1) is 46.3 Å². The number of ether oxygens (including phenoxy) is 4. The maximum Gasteiger partial charge on any atom is 0.0936 e. The van der Waals surface area contributed by atoms with Crippen LogP contribution in [0.1, 0.15) is 200 Å². The molecule has 374 valence electrons. The lowest BCUT2D eigenvalue weighted by molar-refractivity contribution is -0.0737. The Morgan fingerprint density at radius 2 is 1.48 bits per heavy atom. The largest absolute Gasteiger partial charge is 0.379 e. The van der Waals surface area contributed by atoms with E-state index in [2.05, 4.69) is 101 Å². The molecule has 5 nitrogen and oxygen atoms in total. The number of nitrogens with zero attached hydrogens (tertiary/aromatic N) is 1. The van der Waals surface area contributed by atoms with Crippen molar-refractivity contribution < 1.29 is 18.9 Å². The molecule has 1 unspecified atom stereocenters. The standard InChI is InChI=1S/C61H101NO4/c1-7-8-9-10-11-12-13-14-15-16-17-18-19-20-21-24-40-64-48-55(47-62-39-36-51-28-22-23-29-52(51)46-62)66-44-42-63-41-43-65-54-34-37-60(5)53(45-54)30-31-56-58-33-32-57(50(4)27-25-26-49(2)3)61(58,6)38-35-59(56)60/h11-12,14-15,22-23,28-30,49-50,54-59H,7-10,13,16-21,24-27,31-48H2,1-6H3/t50-,54+,55?,56+,57-,58+,59+,60+,61-/m1/s1. The Hall–Kier alpha value is -1.76. The third-order valence-electron chi connectivity index (χ3n) is 17.9. The Labute approximate surface area is 407 Å². The van der Waals surface area contributed by atoms with E-state index in [-0.39, 0.29) is 6.10 Å². The second kappa shape index (κ2) is 28.8. The first-order valence-electron chi connectivity index (χ1n) is 28.4. The first-order valence-corrected chi connectivity index (χ1v) is 28.4. The quantitative estimate of drug-likeness (QED) is 0.0532. The maximum absolute atomic E-state index is 6.55. The highest BCUT2D eigenvalue weighted by atomic mass is 16.6. The van der Waals surface area contributed by atoms with E-state index in [0.29, 0.717) is 50.0 Å². The Balaban J connectivity index is 0.842. The lowest BCUT2D eigenvalue weighted by Crippen LogP contribution is -2.51. The van der Waals surface area contributed by atoms with Gasteiger partial charge >= 0.3 is 0 Å². The number of hydrogen-bond acceptors (Lipinski definition) is 5. The fourth-order valence-corrected chi connectivity index (χ4v) is 14.0. The summed E-state index contributed by atoms with van der Waals surface area (Å²) >= 11 is 0. The molecule has 1 heterocycles. The molecule has 3 saturated carbocycles. The number of benzene rings is 1. The average molecular weight is 912 g/mol. The predicted molar refractivity (Wildman–Crippen MR) is 279 cm³/mol. The van der Waals surface area contributed by atoms with E-state index >= 15 is 0 Å². The fraction of sp³-hybridized carbons (Fsp3) is 0.803. The molecule has 0 saturated heterocycles. The van der Waals surface area contributed by atoms with Crippen molar-refractivity contribution in [3.05, 3.63) is 71.3 Å². The molecule has 0 aromatic heterocycles. The van der Waals surface area contributed by atoms with Crippen LogP contribution >= 0.6 is 0 Å². The highest BCUT2D eigenvalue weighted by molar-refractivity contribution is 5.29. The summed E-state index contributed by atoms with van der Waals surface area (Å²) in [5.41, 5.74) is 5.61. The number of rotatable bonds is 32. The van der Waals surface area contributed by atoms with Crippen LogP contribution in [-0.2, 0) is 31.9 Å². The molecule has 5 heteroatoms. The summed E-state index contributed by atoms with van der Waals surface area (Å²) in [4.78, 5) is 2.55. The Kier molecular flexibility index (Phi) is 23.4. The zero-order chi connectivity index (χ0) is 46.5. The molecule has 0 bridgehead atoms. The molecule has 0 N–H and O–H groups in total. The molecular formula is C61H101NO4. The second-order valence-electron chi connectivity index (χ2n) is 23.0. The molecule has 1 aromatic carbocycles. The van der Waals surface area contributed by atoms with Crippen LogP contribution in [0.2, 0.25) is 0 Å². The van der Waals surface area contributed by atoms with Crippen molar-refractivity contribution in [3.8, 4) is 0 Å². The normalized spacial score (nSPS) is 28.7. The van der Waals surface area contributed by atoms with Gasteiger partial charge in [0.2, 0.25) is 0 Å². The maximum atomic E-state index is 6.55. The van der Waals surface area contributed by atoms with Gasteiger partial charge in [-0.15, -0.1) is 0 Å². The van der Waals surface area contributed by atoms with Gasteiger partial charge in [0, 0.05) is 26.2 Å². The predicted octanol–water partition coefficient (Wildman–Crippen LogP) is 15.7. The topological polar surface area (TPSA) is 40.2 Å². The van der Waals surface area contributed by atoms with Gasteiger partial charge in [-0.3, -0.25) is 4.90 Å². The van der Waals surface area contributed by atoms with Gasteiger partial charge in [0.25, 0.3) is 0 Å². The van der Waals surface area contributed by atoms with Gasteiger partial charge in [-0.05, 0) is 154 Å². The minimum atomic E-state index is 0.0516. The van der Waals surface area contributed by atoms with E-state index in [9.17, 15) is 0 Å². The summed E-state index contributed by atoms with van der Waals surface area (Å²) < 4.78 is 25.5. The van der Waals surface area contributed by atoms with Crippen LogP contribution < -0.4 is 0 Å². The van der Waals surface area contributed by atoms with Crippen LogP contribution in [0.4, 0.5) is 0 Å². The molecule has 66 heavy (non-hydrogen) atoms. The molecule has 0 spiro atoms. The minimum absolute atomic E-state index is 0.0516. The minimum Gasteiger partial charge on any atom is -0.379 e. The van der Waals surface area contributed by atoms with Gasteiger partial charge in [-0.25, -0.2) is 0 Å². The van der Waals surface area contributed by atoms with E-state index in [1.165, 1.54) is 140 Å². The summed E-state index contributed by atoms with van der Waals surface area (Å²) in [6.07, 6.45) is 43.8. The van der Waals surface area contributed by atoms with Crippen molar-refractivity contribution in [2.75, 3.05) is 52.7 Å². The van der Waals surface area contributed by atoms with Crippen molar-refractivity contribution in [3.63, 3.8) is 0 Å². The first kappa shape index (κ1) is 53.6. The van der Waals surface area contributed by atoms with Gasteiger partial charge in [0.05, 0.1) is 45.2 Å². The molecule has 3 fully saturated rings. The van der Waals surface area contributed by atoms with Crippen molar-refractivity contribution in [2.45, 2.75) is 214 Å². The molecule has 5 aliphatic rings. The Morgan fingerprint density at radius 1 is 0.727 bits per heavy atom. The van der Waals surface area contributed by atoms with Gasteiger partial charge in [0.1, 0.15) is 0 Å². The van der Waals surface area contributed by atoms with E-state index < -0.39 is 0 Å². The molecule has 0 amide bonds. The second-order valence-corrected chi connectivity index (χ2v) is 23.0. The summed E-state index contributed by atoms with van der Waals surface area (Å²) in [6, 6.07) is 8.92. The lowest BCUT2D eigenvalue weighted by Gasteiger charge is -2.58. The van der Waals surface area contributed by atoms with E-state index in [0.717, 1.165) is 87.4 Å². The molecule has 9 atom stereocenters. The molecule has 6 rings (SSSR count). The zero-order valence-electron chi connectivity index (χ0n) is 43.7. The van der Waals surface area contributed by atoms with Crippen LogP contribution in [0.5, 0.6) is 0 Å². The summed E-state index contributed by atoms with van der Waals surface area (Å²) in [5.74, 6) is 5.33. The molecule has 4 aliphatic carbocycles. The molecule has 0 radical (unpaired) electrons. The van der Waals surface area contributed by atoms with E-state index in [1.54, 1.807) is 5.57 Å². The van der Waals surface area contributed by atoms with Crippen molar-refractivity contribution in [2.24, 2.45) is 46.3 Å².